The molecule has 0 aliphatic rings. The van der Waals surface area contributed by atoms with Crippen LogP contribution < -0.4 is 4.43 Å². The predicted octanol–water partition coefficient (Wildman–Crippen LogP) is 3.26. The van der Waals surface area contributed by atoms with Crippen LogP contribution in [0.25, 0.3) is 0 Å². The Kier molecular flexibility index (Phi) is 6.64. The van der Waals surface area contributed by atoms with Gasteiger partial charge in [-0.3, -0.25) is 4.18 Å². The predicted molar refractivity (Wildman–Crippen MR) is 93.8 cm³/mol. The summed E-state index contributed by atoms with van der Waals surface area (Å²) in [6.45, 7) is 11.0. The minimum absolute atomic E-state index is 0.0780. The van der Waals surface area contributed by atoms with Crippen molar-refractivity contribution in [2.24, 2.45) is 0 Å². The van der Waals surface area contributed by atoms with E-state index < -0.39 is 19.2 Å². The van der Waals surface area contributed by atoms with E-state index in [1.165, 1.54) is 5.56 Å². The maximum atomic E-state index is 11.0. The number of rotatable bonds is 7. The zero-order valence-corrected chi connectivity index (χ0v) is 16.4. The van der Waals surface area contributed by atoms with Gasteiger partial charge in [-0.25, -0.2) is 0 Å². The van der Waals surface area contributed by atoms with Gasteiger partial charge in [0, 0.05) is 0 Å². The molecule has 0 unspecified atom stereocenters. The lowest BCUT2D eigenvalue weighted by Gasteiger charge is -2.22. The van der Waals surface area contributed by atoms with Crippen molar-refractivity contribution in [3.8, 4) is 5.75 Å². The van der Waals surface area contributed by atoms with E-state index in [1.54, 1.807) is 0 Å². The molecule has 4 nitrogen and oxygen atoms in total. The third-order valence-corrected chi connectivity index (χ3v) is 4.50. The van der Waals surface area contributed by atoms with Gasteiger partial charge in [-0.15, -0.1) is 0 Å². The van der Waals surface area contributed by atoms with Gasteiger partial charge in [-0.05, 0) is 48.5 Å². The highest BCUT2D eigenvalue weighted by Crippen LogP contribution is 2.29. The van der Waals surface area contributed by atoms with Crippen LogP contribution in [0.1, 0.15) is 38.3 Å². The highest BCUT2D eigenvalue weighted by molar-refractivity contribution is 7.85. The molecule has 0 saturated heterocycles. The van der Waals surface area contributed by atoms with E-state index in [0.29, 0.717) is 6.42 Å². The van der Waals surface area contributed by atoms with Gasteiger partial charge >= 0.3 is 0 Å². The number of aryl methyl sites for hydroxylation is 1. The number of hydrogen-bond acceptors (Lipinski definition) is 4. The molecule has 0 fully saturated rings. The summed E-state index contributed by atoms with van der Waals surface area (Å²) < 4.78 is 32.8. The largest absolute Gasteiger partial charge is 0.547 e. The topological polar surface area (TPSA) is 52.6 Å². The molecule has 0 N–H and O–H groups in total. The van der Waals surface area contributed by atoms with Crippen LogP contribution >= 0.6 is 0 Å². The first-order valence-corrected chi connectivity index (χ1v) is 12.2. The van der Waals surface area contributed by atoms with Crippen LogP contribution in [-0.4, -0.2) is 30.3 Å². The molecule has 6 heteroatoms. The van der Waals surface area contributed by atoms with E-state index in [2.05, 4.69) is 52.1 Å². The molecule has 1 rings (SSSR count). The lowest BCUT2D eigenvalue weighted by Crippen LogP contribution is -2.16. The molecule has 0 atom stereocenters. The van der Waals surface area contributed by atoms with Gasteiger partial charge in [-0.2, -0.15) is 8.42 Å². The summed E-state index contributed by atoms with van der Waals surface area (Å²) >= 11 is 0. The molecule has 1 aromatic carbocycles. The molecule has 126 valence electrons. The van der Waals surface area contributed by atoms with Crippen LogP contribution in [0.5, 0.6) is 5.75 Å². The second kappa shape index (κ2) is 7.61. The normalized spacial score (nSPS) is 12.7. The smallest absolute Gasteiger partial charge is 0.264 e. The molecule has 0 heterocycles. The SMILES string of the molecule is C[SiH](C)Oc1cc(C(C)(C)C)ccc1CCCOS(C)(=O)=O. The van der Waals surface area contributed by atoms with Crippen molar-refractivity contribution in [2.75, 3.05) is 12.9 Å². The Balaban J connectivity index is 2.84. The molecule has 1 aromatic rings. The lowest BCUT2D eigenvalue weighted by atomic mass is 9.86. The maximum Gasteiger partial charge on any atom is 0.264 e. The Morgan fingerprint density at radius 1 is 1.18 bits per heavy atom. The Labute approximate surface area is 136 Å². The summed E-state index contributed by atoms with van der Waals surface area (Å²) in [5.41, 5.74) is 2.44. The van der Waals surface area contributed by atoms with Crippen molar-refractivity contribution < 1.29 is 17.0 Å². The summed E-state index contributed by atoms with van der Waals surface area (Å²) in [7, 11) is -4.55. The van der Waals surface area contributed by atoms with Crippen molar-refractivity contribution >= 4 is 19.2 Å². The fourth-order valence-electron chi connectivity index (χ4n) is 2.06. The van der Waals surface area contributed by atoms with Gasteiger partial charge in [-0.1, -0.05) is 32.9 Å². The Morgan fingerprint density at radius 3 is 2.32 bits per heavy atom. The standard InChI is InChI=1S/C16H28O4SSi/c1-16(2,3)14-10-9-13(15(12-14)20-22(5)6)8-7-11-19-21(4,17)18/h9-10,12,22H,7-8,11H2,1-6H3. The van der Waals surface area contributed by atoms with Gasteiger partial charge in [0.25, 0.3) is 10.1 Å². The van der Waals surface area contributed by atoms with Crippen LogP contribution in [-0.2, 0) is 26.1 Å². The number of hydrogen-bond donors (Lipinski definition) is 0. The Morgan fingerprint density at radius 2 is 1.82 bits per heavy atom. The van der Waals surface area contributed by atoms with Crippen molar-refractivity contribution in [2.45, 2.75) is 52.1 Å². The molecule has 0 aromatic heterocycles. The van der Waals surface area contributed by atoms with Crippen LogP contribution in [0.2, 0.25) is 13.1 Å². The van der Waals surface area contributed by atoms with E-state index in [4.69, 9.17) is 8.61 Å². The number of benzene rings is 1. The Hall–Kier alpha value is -0.853. The quantitative estimate of drug-likeness (QED) is 0.433. The maximum absolute atomic E-state index is 11.0. The third kappa shape index (κ3) is 6.94. The summed E-state index contributed by atoms with van der Waals surface area (Å²) in [6.07, 6.45) is 2.47. The second-order valence-corrected chi connectivity index (χ2v) is 10.8. The summed E-state index contributed by atoms with van der Waals surface area (Å²) in [6, 6.07) is 6.34. The van der Waals surface area contributed by atoms with Crippen molar-refractivity contribution in [3.05, 3.63) is 29.3 Å². The second-order valence-electron chi connectivity index (χ2n) is 6.87. The third-order valence-electron chi connectivity index (χ3n) is 3.18. The average molecular weight is 345 g/mol. The molecule has 0 spiro atoms. The lowest BCUT2D eigenvalue weighted by molar-refractivity contribution is 0.315. The van der Waals surface area contributed by atoms with Gasteiger partial charge in [0.2, 0.25) is 9.04 Å². The molecule has 22 heavy (non-hydrogen) atoms. The van der Waals surface area contributed by atoms with E-state index in [0.717, 1.165) is 24.0 Å². The first kappa shape index (κ1) is 19.2. The van der Waals surface area contributed by atoms with Crippen LogP contribution in [0.3, 0.4) is 0 Å². The molecule has 0 amide bonds. The van der Waals surface area contributed by atoms with Gasteiger partial charge in [0.15, 0.2) is 0 Å². The van der Waals surface area contributed by atoms with Crippen LogP contribution in [0.15, 0.2) is 18.2 Å². The Bertz CT molecular complexity index is 589. The summed E-state index contributed by atoms with van der Waals surface area (Å²) in [5, 5.41) is 0. The van der Waals surface area contributed by atoms with E-state index in [1.807, 2.05) is 0 Å². The average Bonchev–Trinajstić information content (AvgIpc) is 2.32. The van der Waals surface area contributed by atoms with E-state index >= 15 is 0 Å². The molecule has 0 aliphatic heterocycles. The van der Waals surface area contributed by atoms with Gasteiger partial charge in [0.05, 0.1) is 12.9 Å². The molecule has 0 bridgehead atoms. The molecule has 0 radical (unpaired) electrons. The highest BCUT2D eigenvalue weighted by Gasteiger charge is 2.16. The zero-order valence-electron chi connectivity index (χ0n) is 14.5. The molecule has 0 saturated carbocycles. The fourth-order valence-corrected chi connectivity index (χ4v) is 3.21. The van der Waals surface area contributed by atoms with Crippen molar-refractivity contribution in [3.63, 3.8) is 0 Å². The molecule has 0 aliphatic carbocycles. The first-order chi connectivity index (χ1) is 9.99. The van der Waals surface area contributed by atoms with Crippen LogP contribution in [0.4, 0.5) is 0 Å². The summed E-state index contributed by atoms with van der Waals surface area (Å²) in [4.78, 5) is 0. The van der Waals surface area contributed by atoms with E-state index in [-0.39, 0.29) is 12.0 Å². The molecular weight excluding hydrogens is 316 g/mol. The fraction of sp³-hybridized carbons (Fsp3) is 0.625. The van der Waals surface area contributed by atoms with Gasteiger partial charge < -0.3 is 4.43 Å². The minimum atomic E-state index is -3.36. The van der Waals surface area contributed by atoms with Crippen molar-refractivity contribution in [1.82, 2.24) is 0 Å². The monoisotopic (exact) mass is 344 g/mol. The van der Waals surface area contributed by atoms with E-state index in [9.17, 15) is 8.42 Å². The summed E-state index contributed by atoms with van der Waals surface area (Å²) in [5.74, 6) is 0.938. The van der Waals surface area contributed by atoms with Crippen molar-refractivity contribution in [1.29, 1.82) is 0 Å². The molecular formula is C16H28O4SSi. The zero-order chi connectivity index (χ0) is 17.0. The highest BCUT2D eigenvalue weighted by atomic mass is 32.2. The first-order valence-electron chi connectivity index (χ1n) is 7.63. The van der Waals surface area contributed by atoms with Crippen LogP contribution in [0, 0.1) is 0 Å². The van der Waals surface area contributed by atoms with Gasteiger partial charge in [0.1, 0.15) is 5.75 Å². The minimum Gasteiger partial charge on any atom is -0.547 e.